The number of benzene rings is 1. The molecule has 1 aromatic carbocycles. The molecule has 1 aromatic rings. The molecule has 0 aliphatic carbocycles. The Balaban J connectivity index is 0.000000422. The van der Waals surface area contributed by atoms with E-state index in [2.05, 4.69) is 20.8 Å². The Kier molecular flexibility index (Phi) is 6.10. The largest absolute Gasteiger partial charge is 0.748 e. The molecule has 2 rings (SSSR count). The highest BCUT2D eigenvalue weighted by Crippen LogP contribution is 2.37. The molecule has 6 nitrogen and oxygen atoms in total. The number of esters is 1. The first-order valence-electron chi connectivity index (χ1n) is 7.25. The van der Waals surface area contributed by atoms with Crippen molar-refractivity contribution in [3.8, 4) is 0 Å². The highest BCUT2D eigenvalue weighted by atomic mass is 32.2. The van der Waals surface area contributed by atoms with E-state index in [4.69, 9.17) is 17.7 Å². The number of carbonyl (C=O) groups excluding carboxylic acids is 1. The molecule has 1 aliphatic rings. The number of hydrogen-bond donors (Lipinski definition) is 0. The molecule has 7 heteroatoms. The van der Waals surface area contributed by atoms with E-state index in [0.717, 1.165) is 35.2 Å². The molecule has 1 unspecified atom stereocenters. The number of ether oxygens (including phenoxy) is 1. The van der Waals surface area contributed by atoms with Gasteiger partial charge < -0.3 is 9.29 Å². The summed E-state index contributed by atoms with van der Waals surface area (Å²) in [5.74, 6) is -0.177. The Morgan fingerprint density at radius 3 is 2.05 bits per heavy atom. The topological polar surface area (TPSA) is 83.5 Å². The van der Waals surface area contributed by atoms with E-state index in [1.54, 1.807) is 0 Å². The molecular weight excluding hydrogens is 306 g/mol. The summed E-state index contributed by atoms with van der Waals surface area (Å²) in [5.41, 5.74) is 1.78. The summed E-state index contributed by atoms with van der Waals surface area (Å²) in [6.07, 6.45) is 0.478. The number of rotatable bonds is 4. The summed E-state index contributed by atoms with van der Waals surface area (Å²) in [7, 11) is -3.92. The first-order valence-corrected chi connectivity index (χ1v) is 9.06. The maximum atomic E-state index is 11.8. The summed E-state index contributed by atoms with van der Waals surface area (Å²) >= 11 is 0. The molecule has 0 fully saturated rings. The van der Waals surface area contributed by atoms with Crippen molar-refractivity contribution in [3.05, 3.63) is 35.4 Å². The van der Waals surface area contributed by atoms with Gasteiger partial charge in [-0.05, 0) is 32.9 Å². The van der Waals surface area contributed by atoms with Gasteiger partial charge in [-0.3, -0.25) is 4.48 Å². The fraction of sp³-hybridized carbons (Fsp3) is 0.533. The zero-order valence-corrected chi connectivity index (χ0v) is 14.2. The average molecular weight is 329 g/mol. The third-order valence-electron chi connectivity index (χ3n) is 4.05. The number of quaternary nitrogens is 1. The third-order valence-corrected chi connectivity index (χ3v) is 4.05. The van der Waals surface area contributed by atoms with E-state index < -0.39 is 10.1 Å². The van der Waals surface area contributed by atoms with Crippen LogP contribution in [0.1, 0.15) is 42.9 Å². The minimum Gasteiger partial charge on any atom is -0.748 e. The summed E-state index contributed by atoms with van der Waals surface area (Å²) in [6.45, 7) is 9.38. The smallest absolute Gasteiger partial charge is 0.343 e. The highest BCUT2D eigenvalue weighted by Gasteiger charge is 2.43. The zero-order chi connectivity index (χ0) is 17.0. The van der Waals surface area contributed by atoms with E-state index in [1.807, 2.05) is 24.3 Å². The van der Waals surface area contributed by atoms with Crippen LogP contribution < -0.4 is 0 Å². The molecule has 0 spiro atoms. The first-order chi connectivity index (χ1) is 10.2. The lowest BCUT2D eigenvalue weighted by molar-refractivity contribution is -0.970. The van der Waals surface area contributed by atoms with Crippen LogP contribution in [0.2, 0.25) is 0 Å². The van der Waals surface area contributed by atoms with Gasteiger partial charge in [0.05, 0.1) is 40.9 Å². The van der Waals surface area contributed by atoms with Crippen LogP contribution in [-0.4, -0.2) is 49.3 Å². The fourth-order valence-electron chi connectivity index (χ4n) is 2.70. The van der Waals surface area contributed by atoms with Gasteiger partial charge in [0.2, 0.25) is 0 Å². The minimum absolute atomic E-state index is 0.126. The Morgan fingerprint density at radius 2 is 1.59 bits per heavy atom. The first kappa shape index (κ1) is 18.6. The van der Waals surface area contributed by atoms with Crippen molar-refractivity contribution in [3.63, 3.8) is 0 Å². The number of nitrogens with zero attached hydrogens (tertiary/aromatic N) is 1. The molecule has 0 N–H and O–H groups in total. The van der Waals surface area contributed by atoms with Gasteiger partial charge in [0, 0.05) is 6.26 Å². The van der Waals surface area contributed by atoms with Crippen molar-refractivity contribution in [2.24, 2.45) is 0 Å². The van der Waals surface area contributed by atoms with Gasteiger partial charge in [-0.15, -0.1) is 0 Å². The Labute approximate surface area is 132 Å². The van der Waals surface area contributed by atoms with Crippen LogP contribution in [0.5, 0.6) is 0 Å². The number of cyclic esters (lactones) is 1. The van der Waals surface area contributed by atoms with Crippen LogP contribution in [0.4, 0.5) is 0 Å². The quantitative estimate of drug-likeness (QED) is 0.478. The van der Waals surface area contributed by atoms with Gasteiger partial charge in [0.1, 0.15) is 0 Å². The summed E-state index contributed by atoms with van der Waals surface area (Å²) in [6, 6.07) is 7.73. The molecule has 124 valence electrons. The molecule has 22 heavy (non-hydrogen) atoms. The number of hydrogen-bond acceptors (Lipinski definition) is 5. The Bertz CT molecular complexity index is 606. The SMILES string of the molecule is CC[N+](CC)(CC)C1OC(=O)c2ccccc21.CS(=O)(=O)[O-]. The predicted octanol–water partition coefficient (Wildman–Crippen LogP) is 1.89. The lowest BCUT2D eigenvalue weighted by Crippen LogP contribution is -2.50. The van der Waals surface area contributed by atoms with E-state index in [-0.39, 0.29) is 12.2 Å². The molecule has 0 bridgehead atoms. The summed E-state index contributed by atoms with van der Waals surface area (Å²) in [5, 5.41) is 0. The molecule has 0 aromatic heterocycles. The Hall–Kier alpha value is -1.44. The van der Waals surface area contributed by atoms with Crippen molar-refractivity contribution in [1.82, 2.24) is 0 Å². The second kappa shape index (κ2) is 7.21. The van der Waals surface area contributed by atoms with E-state index in [9.17, 15) is 4.79 Å². The molecule has 0 amide bonds. The van der Waals surface area contributed by atoms with E-state index >= 15 is 0 Å². The van der Waals surface area contributed by atoms with E-state index in [1.165, 1.54) is 0 Å². The maximum Gasteiger partial charge on any atom is 0.343 e. The van der Waals surface area contributed by atoms with Crippen molar-refractivity contribution < 1.29 is 27.0 Å². The van der Waals surface area contributed by atoms with Crippen LogP contribution in [-0.2, 0) is 14.9 Å². The van der Waals surface area contributed by atoms with Gasteiger partial charge in [0.25, 0.3) is 6.23 Å². The second-order valence-corrected chi connectivity index (χ2v) is 6.62. The van der Waals surface area contributed by atoms with Crippen LogP contribution >= 0.6 is 0 Å². The third kappa shape index (κ3) is 4.28. The van der Waals surface area contributed by atoms with Crippen LogP contribution in [0.25, 0.3) is 0 Å². The van der Waals surface area contributed by atoms with Crippen molar-refractivity contribution in [2.45, 2.75) is 27.0 Å². The maximum absolute atomic E-state index is 11.8. The highest BCUT2D eigenvalue weighted by molar-refractivity contribution is 7.84. The van der Waals surface area contributed by atoms with Crippen LogP contribution in [0, 0.1) is 0 Å². The van der Waals surface area contributed by atoms with Crippen molar-refractivity contribution >= 4 is 16.1 Å². The average Bonchev–Trinajstić information content (AvgIpc) is 2.79. The van der Waals surface area contributed by atoms with Gasteiger partial charge in [0.15, 0.2) is 0 Å². The molecule has 1 atom stereocenters. The molecule has 0 radical (unpaired) electrons. The van der Waals surface area contributed by atoms with Gasteiger partial charge >= 0.3 is 5.97 Å². The lowest BCUT2D eigenvalue weighted by Gasteiger charge is -2.39. The van der Waals surface area contributed by atoms with Gasteiger partial charge in [-0.25, -0.2) is 13.2 Å². The summed E-state index contributed by atoms with van der Waals surface area (Å²) < 4.78 is 33.6. The van der Waals surface area contributed by atoms with Gasteiger partial charge in [-0.2, -0.15) is 0 Å². The number of fused-ring (bicyclic) bond motifs is 1. The number of carbonyl (C=O) groups is 1. The zero-order valence-electron chi connectivity index (χ0n) is 13.4. The van der Waals surface area contributed by atoms with E-state index in [0.29, 0.717) is 6.26 Å². The normalized spacial score (nSPS) is 17.3. The molecule has 1 aliphatic heterocycles. The molecule has 0 saturated heterocycles. The minimum atomic E-state index is -3.92. The van der Waals surface area contributed by atoms with Crippen LogP contribution in [0.15, 0.2) is 24.3 Å². The lowest BCUT2D eigenvalue weighted by atomic mass is 10.1. The molecule has 0 saturated carbocycles. The second-order valence-electron chi connectivity index (χ2n) is 5.22. The van der Waals surface area contributed by atoms with Gasteiger partial charge in [-0.1, -0.05) is 12.1 Å². The van der Waals surface area contributed by atoms with Crippen molar-refractivity contribution in [2.75, 3.05) is 25.9 Å². The fourth-order valence-corrected chi connectivity index (χ4v) is 2.70. The van der Waals surface area contributed by atoms with Crippen molar-refractivity contribution in [1.29, 1.82) is 0 Å². The Morgan fingerprint density at radius 1 is 1.14 bits per heavy atom. The van der Waals surface area contributed by atoms with Crippen LogP contribution in [0.3, 0.4) is 0 Å². The predicted molar refractivity (Wildman–Crippen MR) is 82.1 cm³/mol. The molecular formula is C15H23NO5S. The summed E-state index contributed by atoms with van der Waals surface area (Å²) in [4.78, 5) is 11.8. The standard InChI is InChI=1S/C14H20NO2.CH4O3S/c1-4-15(5-2,6-3)13-11-9-7-8-10-12(11)14(16)17-13;1-5(2,3)4/h7-10,13H,4-6H2,1-3H3;1H3,(H,2,3,4)/q+1;/p-1. The molecule has 1 heterocycles. The monoisotopic (exact) mass is 329 g/mol.